The summed E-state index contributed by atoms with van der Waals surface area (Å²) >= 11 is 0. The summed E-state index contributed by atoms with van der Waals surface area (Å²) in [6, 6.07) is 1.56. The molecular formula is C13H19N3O4. The van der Waals surface area contributed by atoms with Crippen LogP contribution in [0.4, 0.5) is 11.5 Å². The molecule has 0 aromatic carbocycles. The number of pyridine rings is 1. The third kappa shape index (κ3) is 3.17. The quantitative estimate of drug-likeness (QED) is 0.752. The number of hydrogen-bond donors (Lipinski definition) is 2. The molecule has 0 amide bonds. The zero-order chi connectivity index (χ0) is 14.5. The topological polar surface area (TPSA) is 97.9 Å². The zero-order valence-corrected chi connectivity index (χ0v) is 11.4. The van der Waals surface area contributed by atoms with Crippen LogP contribution < -0.4 is 10.6 Å². The molecule has 1 aliphatic heterocycles. The van der Waals surface area contributed by atoms with Gasteiger partial charge in [0.2, 0.25) is 0 Å². The lowest BCUT2D eigenvalue weighted by Gasteiger charge is -2.33. The summed E-state index contributed by atoms with van der Waals surface area (Å²) in [5.74, 6) is 0.0636. The van der Waals surface area contributed by atoms with Crippen molar-refractivity contribution in [3.05, 3.63) is 17.8 Å². The van der Waals surface area contributed by atoms with E-state index in [1.165, 1.54) is 6.20 Å². The van der Waals surface area contributed by atoms with Crippen LogP contribution in [0, 0.1) is 0 Å². The summed E-state index contributed by atoms with van der Waals surface area (Å²) in [6.45, 7) is 3.50. The molecule has 1 aliphatic rings. The Balaban J connectivity index is 2.28. The molecule has 110 valence electrons. The van der Waals surface area contributed by atoms with Crippen molar-refractivity contribution in [2.24, 2.45) is 0 Å². The number of nitrogen functional groups attached to an aromatic ring is 1. The number of nitrogens with zero attached hydrogens (tertiary/aromatic N) is 2. The van der Waals surface area contributed by atoms with Crippen LogP contribution in [0.15, 0.2) is 12.3 Å². The molecule has 1 fully saturated rings. The summed E-state index contributed by atoms with van der Waals surface area (Å²) in [6.07, 6.45) is 1.22. The van der Waals surface area contributed by atoms with Crippen LogP contribution in [-0.4, -0.2) is 55.1 Å². The molecule has 1 aromatic rings. The minimum atomic E-state index is -0.450. The second-order valence-electron chi connectivity index (χ2n) is 4.48. The maximum absolute atomic E-state index is 12.0. The van der Waals surface area contributed by atoms with Crippen molar-refractivity contribution in [1.82, 2.24) is 4.98 Å². The standard InChI is InChI=1S/C13H19N3O4/c1-2-19-13(18)11-5-9(14)6-15-12(11)16-3-4-20-10(7-16)8-17/h5-6,10,17H,2-4,7-8,14H2,1H3. The summed E-state index contributed by atoms with van der Waals surface area (Å²) in [4.78, 5) is 18.1. The molecule has 1 unspecified atom stereocenters. The first-order chi connectivity index (χ1) is 9.65. The predicted molar refractivity (Wildman–Crippen MR) is 73.6 cm³/mol. The van der Waals surface area contributed by atoms with Gasteiger partial charge in [0.25, 0.3) is 0 Å². The molecule has 3 N–H and O–H groups in total. The molecule has 7 heteroatoms. The van der Waals surface area contributed by atoms with Gasteiger partial charge in [0, 0.05) is 13.1 Å². The molecule has 7 nitrogen and oxygen atoms in total. The first-order valence-electron chi connectivity index (χ1n) is 6.55. The Hall–Kier alpha value is -1.86. The van der Waals surface area contributed by atoms with E-state index in [0.717, 1.165) is 0 Å². The molecule has 1 aromatic heterocycles. The van der Waals surface area contributed by atoms with Crippen LogP contribution in [0.25, 0.3) is 0 Å². The molecule has 2 rings (SSSR count). The van der Waals surface area contributed by atoms with E-state index >= 15 is 0 Å². The van der Waals surface area contributed by atoms with Gasteiger partial charge in [-0.15, -0.1) is 0 Å². The fourth-order valence-corrected chi connectivity index (χ4v) is 2.11. The summed E-state index contributed by atoms with van der Waals surface area (Å²) in [7, 11) is 0. The molecule has 0 saturated carbocycles. The van der Waals surface area contributed by atoms with Gasteiger partial charge in [-0.3, -0.25) is 0 Å². The van der Waals surface area contributed by atoms with Gasteiger partial charge >= 0.3 is 5.97 Å². The largest absolute Gasteiger partial charge is 0.462 e. The first-order valence-corrected chi connectivity index (χ1v) is 6.55. The van der Waals surface area contributed by atoms with E-state index in [4.69, 9.17) is 15.2 Å². The van der Waals surface area contributed by atoms with Crippen molar-refractivity contribution >= 4 is 17.5 Å². The van der Waals surface area contributed by atoms with E-state index < -0.39 is 5.97 Å². The lowest BCUT2D eigenvalue weighted by Crippen LogP contribution is -2.45. The second-order valence-corrected chi connectivity index (χ2v) is 4.48. The fourth-order valence-electron chi connectivity index (χ4n) is 2.11. The van der Waals surface area contributed by atoms with E-state index in [-0.39, 0.29) is 19.3 Å². The van der Waals surface area contributed by atoms with E-state index in [1.54, 1.807) is 13.0 Å². The lowest BCUT2D eigenvalue weighted by molar-refractivity contribution is 0.00325. The molecule has 0 aliphatic carbocycles. The Morgan fingerprint density at radius 1 is 1.70 bits per heavy atom. The molecule has 0 radical (unpaired) electrons. The van der Waals surface area contributed by atoms with Crippen LogP contribution >= 0.6 is 0 Å². The molecule has 0 spiro atoms. The van der Waals surface area contributed by atoms with Gasteiger partial charge < -0.3 is 25.2 Å². The number of aliphatic hydroxyl groups is 1. The van der Waals surface area contributed by atoms with Crippen LogP contribution in [0.2, 0.25) is 0 Å². The van der Waals surface area contributed by atoms with Crippen molar-refractivity contribution in [1.29, 1.82) is 0 Å². The summed E-state index contributed by atoms with van der Waals surface area (Å²) < 4.78 is 10.4. The SMILES string of the molecule is CCOC(=O)c1cc(N)cnc1N1CCOC(CO)C1. The number of morpholine rings is 1. The first kappa shape index (κ1) is 14.5. The number of anilines is 2. The monoisotopic (exact) mass is 281 g/mol. The van der Waals surface area contributed by atoms with Gasteiger partial charge in [-0.1, -0.05) is 0 Å². The number of hydrogen-bond acceptors (Lipinski definition) is 7. The number of esters is 1. The summed E-state index contributed by atoms with van der Waals surface area (Å²) in [5, 5.41) is 9.18. The van der Waals surface area contributed by atoms with E-state index in [9.17, 15) is 9.90 Å². The number of aromatic nitrogens is 1. The number of ether oxygens (including phenoxy) is 2. The van der Waals surface area contributed by atoms with Crippen LogP contribution in [0.1, 0.15) is 17.3 Å². The molecule has 1 atom stereocenters. The normalized spacial score (nSPS) is 18.9. The third-order valence-corrected chi connectivity index (χ3v) is 3.03. The van der Waals surface area contributed by atoms with Gasteiger partial charge in [-0.25, -0.2) is 9.78 Å². The van der Waals surface area contributed by atoms with E-state index in [1.807, 2.05) is 4.90 Å². The van der Waals surface area contributed by atoms with Gasteiger partial charge in [-0.05, 0) is 13.0 Å². The average Bonchev–Trinajstić information content (AvgIpc) is 2.47. The molecule has 0 bridgehead atoms. The van der Waals surface area contributed by atoms with Gasteiger partial charge in [0.1, 0.15) is 11.4 Å². The van der Waals surface area contributed by atoms with Crippen LogP contribution in [0.3, 0.4) is 0 Å². The minimum Gasteiger partial charge on any atom is -0.462 e. The van der Waals surface area contributed by atoms with Gasteiger partial charge in [0.05, 0.1) is 37.8 Å². The Kier molecular flexibility index (Phi) is 4.75. The van der Waals surface area contributed by atoms with Crippen LogP contribution in [-0.2, 0) is 9.47 Å². The highest BCUT2D eigenvalue weighted by Crippen LogP contribution is 2.23. The van der Waals surface area contributed by atoms with Crippen molar-refractivity contribution in [3.63, 3.8) is 0 Å². The average molecular weight is 281 g/mol. The number of carbonyl (C=O) groups excluding carboxylic acids is 1. The van der Waals surface area contributed by atoms with Crippen molar-refractivity contribution in [2.75, 3.05) is 43.5 Å². The number of rotatable bonds is 4. The fraction of sp³-hybridized carbons (Fsp3) is 0.538. The summed E-state index contributed by atoms with van der Waals surface area (Å²) in [5.41, 5.74) is 6.44. The highest BCUT2D eigenvalue weighted by Gasteiger charge is 2.25. The molecule has 1 saturated heterocycles. The zero-order valence-electron chi connectivity index (χ0n) is 11.4. The minimum absolute atomic E-state index is 0.0692. The van der Waals surface area contributed by atoms with Gasteiger partial charge in [-0.2, -0.15) is 0 Å². The highest BCUT2D eigenvalue weighted by molar-refractivity contribution is 5.95. The van der Waals surface area contributed by atoms with E-state index in [2.05, 4.69) is 4.98 Å². The smallest absolute Gasteiger partial charge is 0.341 e. The number of carbonyl (C=O) groups is 1. The molecular weight excluding hydrogens is 262 g/mol. The highest BCUT2D eigenvalue weighted by atomic mass is 16.5. The number of aliphatic hydroxyl groups excluding tert-OH is 1. The van der Waals surface area contributed by atoms with Gasteiger partial charge in [0.15, 0.2) is 0 Å². The molecule has 20 heavy (non-hydrogen) atoms. The predicted octanol–water partition coefficient (Wildman–Crippen LogP) is 0.0380. The maximum Gasteiger partial charge on any atom is 0.341 e. The Morgan fingerprint density at radius 3 is 3.20 bits per heavy atom. The second kappa shape index (κ2) is 6.53. The maximum atomic E-state index is 12.0. The number of nitrogens with two attached hydrogens (primary N) is 1. The van der Waals surface area contributed by atoms with Crippen molar-refractivity contribution < 1.29 is 19.4 Å². The third-order valence-electron chi connectivity index (χ3n) is 3.03. The van der Waals surface area contributed by atoms with E-state index in [0.29, 0.717) is 36.8 Å². The Morgan fingerprint density at radius 2 is 2.50 bits per heavy atom. The van der Waals surface area contributed by atoms with Crippen molar-refractivity contribution in [3.8, 4) is 0 Å². The van der Waals surface area contributed by atoms with Crippen molar-refractivity contribution in [2.45, 2.75) is 13.0 Å². The molecule has 2 heterocycles. The van der Waals surface area contributed by atoms with Crippen LogP contribution in [0.5, 0.6) is 0 Å². The Bertz CT molecular complexity index is 481. The lowest BCUT2D eigenvalue weighted by atomic mass is 10.2. The Labute approximate surface area is 117 Å².